The molecule has 1 aromatic heterocycles. The molecule has 4 rings (SSSR count). The smallest absolute Gasteiger partial charge is 0.414 e. The van der Waals surface area contributed by atoms with Crippen LogP contribution in [-0.4, -0.2) is 64.3 Å². The Morgan fingerprint density at radius 1 is 1.17 bits per heavy atom. The number of nitrogens with zero attached hydrogens (tertiary/aromatic N) is 2. The van der Waals surface area contributed by atoms with Crippen LogP contribution in [0.2, 0.25) is 4.34 Å². The van der Waals surface area contributed by atoms with E-state index < -0.39 is 0 Å². The molecule has 3 heterocycles. The van der Waals surface area contributed by atoms with E-state index in [0.29, 0.717) is 35.5 Å². The Morgan fingerprint density at radius 3 is 2.40 bits per heavy atom. The molecule has 0 bridgehead atoms. The summed E-state index contributed by atoms with van der Waals surface area (Å²) in [7, 11) is 1.82. The highest BCUT2D eigenvalue weighted by Crippen LogP contribution is 2.25. The molecule has 2 aliphatic rings. The predicted molar refractivity (Wildman–Crippen MR) is 116 cm³/mol. The normalized spacial score (nSPS) is 18.7. The summed E-state index contributed by atoms with van der Waals surface area (Å²) >= 11 is 6.78. The molecule has 0 aliphatic carbocycles. The van der Waals surface area contributed by atoms with Crippen molar-refractivity contribution in [3.05, 3.63) is 45.6 Å². The predicted octanol–water partition coefficient (Wildman–Crippen LogP) is 2.81. The molecule has 8 nitrogen and oxygen atoms in total. The van der Waals surface area contributed by atoms with Gasteiger partial charge in [-0.15, -0.1) is 11.3 Å². The summed E-state index contributed by atoms with van der Waals surface area (Å²) in [6.45, 7) is 2.36. The van der Waals surface area contributed by atoms with Crippen molar-refractivity contribution >= 4 is 52.6 Å². The second-order valence-electron chi connectivity index (χ2n) is 6.55. The number of aldehydes is 1. The number of ether oxygens (including phenoxy) is 2. The van der Waals surface area contributed by atoms with Gasteiger partial charge in [0.2, 0.25) is 0 Å². The summed E-state index contributed by atoms with van der Waals surface area (Å²) < 4.78 is 11.1. The zero-order chi connectivity index (χ0) is 21.5. The number of halogens is 1. The first-order chi connectivity index (χ1) is 14.5. The lowest BCUT2D eigenvalue weighted by molar-refractivity contribution is -0.125. The molecule has 30 heavy (non-hydrogen) atoms. The second-order valence-corrected chi connectivity index (χ2v) is 8.29. The fourth-order valence-corrected chi connectivity index (χ4v) is 3.94. The number of anilines is 2. The molecule has 10 heteroatoms. The van der Waals surface area contributed by atoms with Gasteiger partial charge in [0.15, 0.2) is 6.29 Å². The number of benzene rings is 1. The van der Waals surface area contributed by atoms with Crippen LogP contribution in [0.1, 0.15) is 9.67 Å². The van der Waals surface area contributed by atoms with Gasteiger partial charge < -0.3 is 19.7 Å². The highest BCUT2D eigenvalue weighted by Gasteiger charge is 2.32. The Labute approximate surface area is 183 Å². The molecule has 1 aromatic carbocycles. The largest absolute Gasteiger partial charge is 0.443 e. The van der Waals surface area contributed by atoms with Crippen LogP contribution in [0, 0.1) is 0 Å². The molecule has 1 atom stereocenters. The van der Waals surface area contributed by atoms with Gasteiger partial charge in [-0.05, 0) is 43.4 Å². The van der Waals surface area contributed by atoms with E-state index >= 15 is 0 Å². The molecule has 2 amide bonds. The third kappa shape index (κ3) is 5.57. The maximum atomic E-state index is 11.9. The maximum Gasteiger partial charge on any atom is 0.414 e. The van der Waals surface area contributed by atoms with Gasteiger partial charge in [0.05, 0.1) is 22.4 Å². The van der Waals surface area contributed by atoms with Gasteiger partial charge >= 0.3 is 6.09 Å². The molecule has 0 radical (unpaired) electrons. The number of rotatable bonds is 5. The van der Waals surface area contributed by atoms with Crippen LogP contribution in [0.4, 0.5) is 16.2 Å². The quantitative estimate of drug-likeness (QED) is 0.703. The average Bonchev–Trinajstić information content (AvgIpc) is 3.34. The Balaban J connectivity index is 0.000000269. The minimum Gasteiger partial charge on any atom is -0.443 e. The summed E-state index contributed by atoms with van der Waals surface area (Å²) in [5, 5.41) is 3.00. The molecule has 0 saturated carbocycles. The van der Waals surface area contributed by atoms with Gasteiger partial charge in [-0.3, -0.25) is 14.5 Å². The number of carbonyl (C=O) groups is 3. The first-order valence-electron chi connectivity index (χ1n) is 9.33. The number of cyclic esters (lactones) is 1. The number of thiophene rings is 1. The summed E-state index contributed by atoms with van der Waals surface area (Å²) in [4.78, 5) is 37.7. The minimum atomic E-state index is -0.338. The van der Waals surface area contributed by atoms with Gasteiger partial charge in [-0.25, -0.2) is 4.79 Å². The maximum absolute atomic E-state index is 11.9. The van der Waals surface area contributed by atoms with E-state index in [1.165, 1.54) is 11.3 Å². The molecule has 2 saturated heterocycles. The van der Waals surface area contributed by atoms with Crippen LogP contribution >= 0.6 is 22.9 Å². The zero-order valence-electron chi connectivity index (χ0n) is 16.4. The summed E-state index contributed by atoms with van der Waals surface area (Å²) in [6, 6.07) is 10.8. The highest BCUT2D eigenvalue weighted by atomic mass is 35.5. The monoisotopic (exact) mass is 451 g/mol. The van der Waals surface area contributed by atoms with Crippen LogP contribution < -0.4 is 15.1 Å². The van der Waals surface area contributed by atoms with Gasteiger partial charge in [0.1, 0.15) is 12.7 Å². The number of nitrogens with one attached hydrogen (secondary N) is 1. The Hall–Kier alpha value is -2.46. The molecular formula is C20H22ClN3O5S. The fourth-order valence-electron chi connectivity index (χ4n) is 3.06. The van der Waals surface area contributed by atoms with Crippen LogP contribution in [0.25, 0.3) is 0 Å². The van der Waals surface area contributed by atoms with Crippen molar-refractivity contribution in [3.8, 4) is 0 Å². The number of morpholine rings is 1. The molecule has 2 aliphatic heterocycles. The van der Waals surface area contributed by atoms with E-state index in [-0.39, 0.29) is 24.7 Å². The van der Waals surface area contributed by atoms with E-state index in [1.54, 1.807) is 21.9 Å². The Kier molecular flexibility index (Phi) is 7.81. The van der Waals surface area contributed by atoms with Crippen molar-refractivity contribution < 1.29 is 23.9 Å². The number of carbonyl (C=O) groups excluding carboxylic acids is 3. The van der Waals surface area contributed by atoms with E-state index in [1.807, 2.05) is 31.3 Å². The highest BCUT2D eigenvalue weighted by molar-refractivity contribution is 7.17. The number of hydrogen-bond acceptors (Lipinski definition) is 7. The third-order valence-corrected chi connectivity index (χ3v) is 5.63. The first kappa shape index (κ1) is 22.2. The van der Waals surface area contributed by atoms with Gasteiger partial charge in [0.25, 0.3) is 5.91 Å². The van der Waals surface area contributed by atoms with Crippen molar-refractivity contribution in [2.24, 2.45) is 0 Å². The Bertz CT molecular complexity index is 889. The fraction of sp³-hybridized carbons (Fsp3) is 0.350. The topological polar surface area (TPSA) is 88.2 Å². The van der Waals surface area contributed by atoms with E-state index in [9.17, 15) is 14.4 Å². The summed E-state index contributed by atoms with van der Waals surface area (Å²) in [6.07, 6.45) is 0.310. The number of hydrogen-bond donors (Lipinski definition) is 1. The average molecular weight is 452 g/mol. The van der Waals surface area contributed by atoms with Crippen LogP contribution in [-0.2, 0) is 14.3 Å². The van der Waals surface area contributed by atoms with Crippen molar-refractivity contribution in [2.75, 3.05) is 49.7 Å². The lowest BCUT2D eigenvalue weighted by Gasteiger charge is -2.27. The molecule has 2 aromatic rings. The lowest BCUT2D eigenvalue weighted by Crippen LogP contribution is -2.41. The van der Waals surface area contributed by atoms with Crippen molar-refractivity contribution in [1.29, 1.82) is 0 Å². The molecule has 1 N–H and O–H groups in total. The van der Waals surface area contributed by atoms with E-state index in [0.717, 1.165) is 17.7 Å². The molecule has 0 spiro atoms. The minimum absolute atomic E-state index is 0.0475. The van der Waals surface area contributed by atoms with E-state index in [4.69, 9.17) is 21.1 Å². The summed E-state index contributed by atoms with van der Waals surface area (Å²) in [5.74, 6) is -0.0475. The molecular weight excluding hydrogens is 430 g/mol. The van der Waals surface area contributed by atoms with Crippen LogP contribution in [0.15, 0.2) is 36.4 Å². The Morgan fingerprint density at radius 2 is 1.87 bits per heavy atom. The second kappa shape index (κ2) is 10.5. The first-order valence-corrected chi connectivity index (χ1v) is 10.5. The summed E-state index contributed by atoms with van der Waals surface area (Å²) in [5.41, 5.74) is 1.59. The van der Waals surface area contributed by atoms with Crippen molar-refractivity contribution in [1.82, 2.24) is 5.32 Å². The van der Waals surface area contributed by atoms with Gasteiger partial charge in [-0.2, -0.15) is 0 Å². The molecule has 160 valence electrons. The van der Waals surface area contributed by atoms with Gasteiger partial charge in [-0.1, -0.05) is 11.6 Å². The number of likely N-dealkylation sites (N-methyl/N-ethyl adjacent to an activating group) is 1. The zero-order valence-corrected chi connectivity index (χ0v) is 17.9. The molecule has 2 fully saturated rings. The van der Waals surface area contributed by atoms with Crippen LogP contribution in [0.3, 0.4) is 0 Å². The van der Waals surface area contributed by atoms with E-state index in [2.05, 4.69) is 5.32 Å². The van der Waals surface area contributed by atoms with Crippen molar-refractivity contribution in [2.45, 2.75) is 6.10 Å². The van der Waals surface area contributed by atoms with Crippen molar-refractivity contribution in [3.63, 3.8) is 0 Å². The lowest BCUT2D eigenvalue weighted by atomic mass is 10.2. The third-order valence-electron chi connectivity index (χ3n) is 4.47. The van der Waals surface area contributed by atoms with Gasteiger partial charge in [0, 0.05) is 24.5 Å². The standard InChI is InChI=1S/C15H19N3O4.C5H3ClOS/c1-16-8-13-9-18(15(20)22-13)12-4-2-11(3-5-12)17-6-7-21-10-14(17)19;6-5-2-1-4(3-7)8-5/h2-5,13,16H,6-10H2,1H3;1-3H. The number of amides is 2. The van der Waals surface area contributed by atoms with Crippen LogP contribution in [0.5, 0.6) is 0 Å². The SMILES string of the molecule is CNCC1CN(c2ccc(N3CCOCC3=O)cc2)C(=O)O1.O=Cc1ccc(Cl)s1. The molecule has 1 unspecified atom stereocenters.